The van der Waals surface area contributed by atoms with E-state index in [1.807, 2.05) is 36.2 Å². The molecule has 0 saturated carbocycles. The molecule has 1 N–H and O–H groups in total. The number of rotatable bonds is 3. The molecule has 0 heterocycles. The van der Waals surface area contributed by atoms with Gasteiger partial charge in [0.2, 0.25) is 0 Å². The Labute approximate surface area is 93.2 Å². The third-order valence-corrected chi connectivity index (χ3v) is 2.29. The van der Waals surface area contributed by atoms with E-state index in [9.17, 15) is 0 Å². The number of hydrogen-bond donors (Lipinski definition) is 1. The van der Waals surface area contributed by atoms with Crippen LogP contribution in [0.2, 0.25) is 0 Å². The molecule has 0 aliphatic rings. The smallest absolute Gasteiger partial charge is 0.113 e. The third-order valence-electron chi connectivity index (χ3n) is 2.29. The van der Waals surface area contributed by atoms with Crippen molar-refractivity contribution >= 4 is 24.8 Å². The van der Waals surface area contributed by atoms with Crippen LogP contribution in [-0.4, -0.2) is 20.7 Å². The Balaban J connectivity index is 2.71. The van der Waals surface area contributed by atoms with Gasteiger partial charge in [0.05, 0.1) is 0 Å². The number of benzene rings is 1. The van der Waals surface area contributed by atoms with E-state index in [0.717, 1.165) is 17.6 Å². The van der Waals surface area contributed by atoms with Crippen molar-refractivity contribution in [1.82, 2.24) is 0 Å². The molecule has 0 aromatic heterocycles. The van der Waals surface area contributed by atoms with Gasteiger partial charge in [0.15, 0.2) is 0 Å². The first-order valence-electron chi connectivity index (χ1n) is 5.17. The maximum atomic E-state index is 7.91. The number of amidine groups is 1. The zero-order chi connectivity index (χ0) is 11.4. The predicted octanol–water partition coefficient (Wildman–Crippen LogP) is 1.94. The van der Waals surface area contributed by atoms with E-state index in [2.05, 4.69) is 13.8 Å². The minimum absolute atomic E-state index is 0.508. The van der Waals surface area contributed by atoms with E-state index >= 15 is 0 Å². The van der Waals surface area contributed by atoms with Crippen molar-refractivity contribution < 1.29 is 0 Å². The van der Waals surface area contributed by atoms with E-state index in [0.29, 0.717) is 11.8 Å². The molecule has 3 heteroatoms. The molecule has 0 amide bonds. The topological polar surface area (TPSA) is 27.1 Å². The molecule has 1 aromatic rings. The Bertz CT molecular complexity index is 330. The largest absolute Gasteiger partial charge is 0.333 e. The summed E-state index contributed by atoms with van der Waals surface area (Å²) < 4.78 is 0. The Morgan fingerprint density at radius 2 is 1.87 bits per heavy atom. The van der Waals surface area contributed by atoms with Gasteiger partial charge in [0, 0.05) is 19.2 Å². The van der Waals surface area contributed by atoms with E-state index in [1.54, 1.807) is 0 Å². The van der Waals surface area contributed by atoms with Gasteiger partial charge < -0.3 is 4.90 Å². The molecule has 15 heavy (non-hydrogen) atoms. The van der Waals surface area contributed by atoms with Crippen LogP contribution in [0.1, 0.15) is 20.3 Å². The average molecular weight is 200 g/mol. The fourth-order valence-electron chi connectivity index (χ4n) is 1.38. The van der Waals surface area contributed by atoms with Crippen molar-refractivity contribution in [1.29, 1.82) is 5.41 Å². The van der Waals surface area contributed by atoms with Crippen molar-refractivity contribution in [3.05, 3.63) is 24.3 Å². The second-order valence-corrected chi connectivity index (χ2v) is 4.20. The van der Waals surface area contributed by atoms with E-state index in [4.69, 9.17) is 13.3 Å². The highest BCUT2D eigenvalue weighted by Gasteiger charge is 2.08. The summed E-state index contributed by atoms with van der Waals surface area (Å²) >= 11 is 0. The number of hydrogen-bond acceptors (Lipinski definition) is 1. The van der Waals surface area contributed by atoms with Crippen LogP contribution in [0.4, 0.5) is 5.69 Å². The zero-order valence-corrected chi connectivity index (χ0v) is 9.62. The minimum atomic E-state index is 0.508. The summed E-state index contributed by atoms with van der Waals surface area (Å²) in [6.07, 6.45) is 0.793. The average Bonchev–Trinajstić information content (AvgIpc) is 2.17. The summed E-state index contributed by atoms with van der Waals surface area (Å²) in [5.41, 5.74) is 1.76. The van der Waals surface area contributed by atoms with Gasteiger partial charge in [-0.2, -0.15) is 0 Å². The lowest BCUT2D eigenvalue weighted by Crippen LogP contribution is -2.26. The highest BCUT2D eigenvalue weighted by atomic mass is 15.1. The molecule has 1 aromatic carbocycles. The molecule has 0 fully saturated rings. The van der Waals surface area contributed by atoms with Crippen LogP contribution in [0, 0.1) is 11.3 Å². The summed E-state index contributed by atoms with van der Waals surface area (Å²) in [4.78, 5) is 1.89. The highest BCUT2D eigenvalue weighted by molar-refractivity contribution is 6.32. The summed E-state index contributed by atoms with van der Waals surface area (Å²) in [5, 5.41) is 7.91. The van der Waals surface area contributed by atoms with Crippen LogP contribution in [0.15, 0.2) is 24.3 Å². The number of nitrogens with one attached hydrogen (secondary N) is 1. The fraction of sp³-hybridized carbons (Fsp3) is 0.417. The molecule has 2 nitrogen and oxygen atoms in total. The predicted molar refractivity (Wildman–Crippen MR) is 67.4 cm³/mol. The second-order valence-electron chi connectivity index (χ2n) is 4.20. The van der Waals surface area contributed by atoms with Crippen molar-refractivity contribution in [3.63, 3.8) is 0 Å². The van der Waals surface area contributed by atoms with E-state index in [1.165, 1.54) is 0 Å². The normalized spacial score (nSPS) is 10.4. The van der Waals surface area contributed by atoms with Crippen LogP contribution in [0.3, 0.4) is 0 Å². The third kappa shape index (κ3) is 3.42. The van der Waals surface area contributed by atoms with Gasteiger partial charge in [-0.25, -0.2) is 0 Å². The SMILES string of the molecule is [B]c1ccc(N(C)C(=N)CC(C)C)cc1. The molecule has 0 bridgehead atoms. The molecule has 1 rings (SSSR count). The monoisotopic (exact) mass is 200 g/mol. The summed E-state index contributed by atoms with van der Waals surface area (Å²) in [5.74, 6) is 1.14. The summed E-state index contributed by atoms with van der Waals surface area (Å²) in [7, 11) is 7.52. The molecule has 0 aliphatic carbocycles. The highest BCUT2D eigenvalue weighted by Crippen LogP contribution is 2.13. The molecule has 0 saturated heterocycles. The van der Waals surface area contributed by atoms with E-state index < -0.39 is 0 Å². The fourth-order valence-corrected chi connectivity index (χ4v) is 1.38. The van der Waals surface area contributed by atoms with Gasteiger partial charge in [0.25, 0.3) is 0 Å². The van der Waals surface area contributed by atoms with Crippen molar-refractivity contribution in [2.45, 2.75) is 20.3 Å². The van der Waals surface area contributed by atoms with Crippen molar-refractivity contribution in [2.75, 3.05) is 11.9 Å². The first kappa shape index (κ1) is 11.8. The number of anilines is 1. The van der Waals surface area contributed by atoms with Gasteiger partial charge in [-0.1, -0.05) is 31.4 Å². The standard InChI is InChI=1S/C12H17BN2/c1-9(2)8-12(14)15(3)11-6-4-10(13)5-7-11/h4-7,9,14H,8H2,1-3H3. The lowest BCUT2D eigenvalue weighted by atomic mass is 9.96. The van der Waals surface area contributed by atoms with Gasteiger partial charge in [-0.3, -0.25) is 5.41 Å². The molecule has 0 spiro atoms. The summed E-state index contributed by atoms with van der Waals surface area (Å²) in [6.45, 7) is 4.23. The molecule has 0 atom stereocenters. The van der Waals surface area contributed by atoms with Crippen LogP contribution >= 0.6 is 0 Å². The van der Waals surface area contributed by atoms with Crippen LogP contribution < -0.4 is 10.4 Å². The molecular formula is C12H17BN2. The van der Waals surface area contributed by atoms with Gasteiger partial charge in [0.1, 0.15) is 13.7 Å². The van der Waals surface area contributed by atoms with Crippen molar-refractivity contribution in [2.24, 2.45) is 5.92 Å². The van der Waals surface area contributed by atoms with Gasteiger partial charge >= 0.3 is 0 Å². The van der Waals surface area contributed by atoms with E-state index in [-0.39, 0.29) is 0 Å². The summed E-state index contributed by atoms with van der Waals surface area (Å²) in [6, 6.07) is 7.58. The van der Waals surface area contributed by atoms with Gasteiger partial charge in [-0.15, -0.1) is 0 Å². The second kappa shape index (κ2) is 5.01. The lowest BCUT2D eigenvalue weighted by Gasteiger charge is -2.21. The first-order valence-corrected chi connectivity index (χ1v) is 5.17. The lowest BCUT2D eigenvalue weighted by molar-refractivity contribution is 0.676. The minimum Gasteiger partial charge on any atom is -0.333 e. The first-order chi connectivity index (χ1) is 7.00. The molecule has 0 aliphatic heterocycles. The molecule has 2 radical (unpaired) electrons. The molecule has 78 valence electrons. The molecule has 0 unspecified atom stereocenters. The van der Waals surface area contributed by atoms with Crippen molar-refractivity contribution in [3.8, 4) is 0 Å². The van der Waals surface area contributed by atoms with Crippen LogP contribution in [0.25, 0.3) is 0 Å². The maximum absolute atomic E-state index is 7.91. The molecular weight excluding hydrogens is 183 g/mol. The maximum Gasteiger partial charge on any atom is 0.113 e. The Hall–Kier alpha value is -1.25. The van der Waals surface area contributed by atoms with Gasteiger partial charge in [-0.05, 0) is 18.1 Å². The Morgan fingerprint density at radius 1 is 1.33 bits per heavy atom. The Morgan fingerprint density at radius 3 is 2.33 bits per heavy atom. The quantitative estimate of drug-likeness (QED) is 0.450. The Kier molecular flexibility index (Phi) is 3.95. The van der Waals surface area contributed by atoms with Crippen LogP contribution in [-0.2, 0) is 0 Å². The number of nitrogens with zero attached hydrogens (tertiary/aromatic N) is 1. The van der Waals surface area contributed by atoms with Crippen LogP contribution in [0.5, 0.6) is 0 Å². The zero-order valence-electron chi connectivity index (χ0n) is 9.62.